The molecule has 0 N–H and O–H groups in total. The number of likely N-dealkylation sites (tertiary alicyclic amines) is 1. The second kappa shape index (κ2) is 6.13. The average Bonchev–Trinajstić information content (AvgIpc) is 3.11. The summed E-state index contributed by atoms with van der Waals surface area (Å²) in [5.74, 6) is 2.12. The summed E-state index contributed by atoms with van der Waals surface area (Å²) in [6.07, 6.45) is 6.63. The molecule has 2 aromatic heterocycles. The Morgan fingerprint density at radius 3 is 3.15 bits per heavy atom. The molecule has 2 aromatic rings. The van der Waals surface area contributed by atoms with Crippen LogP contribution in [-0.2, 0) is 19.5 Å². The van der Waals surface area contributed by atoms with Crippen molar-refractivity contribution in [3.05, 3.63) is 24.4 Å². The summed E-state index contributed by atoms with van der Waals surface area (Å²) in [5.41, 5.74) is 0. The van der Waals surface area contributed by atoms with Crippen molar-refractivity contribution < 1.29 is 4.52 Å². The Morgan fingerprint density at radius 2 is 2.40 bits per heavy atom. The van der Waals surface area contributed by atoms with E-state index in [0.29, 0.717) is 5.92 Å². The van der Waals surface area contributed by atoms with Crippen molar-refractivity contribution >= 4 is 0 Å². The first kappa shape index (κ1) is 13.2. The summed E-state index contributed by atoms with van der Waals surface area (Å²) in [6, 6.07) is 0. The standard InChI is InChI=1S/C13H20N6O/c1-2-12-16-13(20-17-12)8-18-5-3-4-11(6-18)7-19-10-14-9-15-19/h9-11H,2-8H2,1H3. The Morgan fingerprint density at radius 1 is 1.45 bits per heavy atom. The first-order valence-corrected chi connectivity index (χ1v) is 7.19. The van der Waals surface area contributed by atoms with Crippen LogP contribution >= 0.6 is 0 Å². The van der Waals surface area contributed by atoms with Crippen LogP contribution in [0.3, 0.4) is 0 Å². The maximum Gasteiger partial charge on any atom is 0.240 e. The van der Waals surface area contributed by atoms with E-state index in [1.807, 2.05) is 11.6 Å². The van der Waals surface area contributed by atoms with E-state index < -0.39 is 0 Å². The zero-order chi connectivity index (χ0) is 13.8. The molecule has 3 rings (SSSR count). The van der Waals surface area contributed by atoms with Crippen molar-refractivity contribution in [3.63, 3.8) is 0 Å². The van der Waals surface area contributed by atoms with Crippen LogP contribution < -0.4 is 0 Å². The molecule has 0 aromatic carbocycles. The molecule has 0 spiro atoms. The third kappa shape index (κ3) is 3.22. The van der Waals surface area contributed by atoms with E-state index in [-0.39, 0.29) is 0 Å². The van der Waals surface area contributed by atoms with Crippen molar-refractivity contribution in [2.75, 3.05) is 13.1 Å². The number of piperidine rings is 1. The van der Waals surface area contributed by atoms with Gasteiger partial charge in [0, 0.05) is 19.5 Å². The Labute approximate surface area is 118 Å². The molecule has 0 amide bonds. The largest absolute Gasteiger partial charge is 0.338 e. The first-order valence-electron chi connectivity index (χ1n) is 7.19. The lowest BCUT2D eigenvalue weighted by Gasteiger charge is -2.31. The fourth-order valence-corrected chi connectivity index (χ4v) is 2.72. The summed E-state index contributed by atoms with van der Waals surface area (Å²) < 4.78 is 7.18. The predicted molar refractivity (Wildman–Crippen MR) is 71.7 cm³/mol. The molecule has 0 bridgehead atoms. The van der Waals surface area contributed by atoms with Gasteiger partial charge in [-0.05, 0) is 25.3 Å². The number of aromatic nitrogens is 5. The Bertz CT molecular complexity index is 523. The lowest BCUT2D eigenvalue weighted by Crippen LogP contribution is -2.36. The monoisotopic (exact) mass is 276 g/mol. The summed E-state index contributed by atoms with van der Waals surface area (Å²) in [6.45, 7) is 5.85. The van der Waals surface area contributed by atoms with Crippen LogP contribution in [-0.4, -0.2) is 42.9 Å². The van der Waals surface area contributed by atoms with Crippen LogP contribution in [0.25, 0.3) is 0 Å². The fraction of sp³-hybridized carbons (Fsp3) is 0.692. The molecular formula is C13H20N6O. The fourth-order valence-electron chi connectivity index (χ4n) is 2.72. The highest BCUT2D eigenvalue weighted by molar-refractivity contribution is 4.86. The summed E-state index contributed by atoms with van der Waals surface area (Å²) >= 11 is 0. The van der Waals surface area contributed by atoms with Crippen molar-refractivity contribution in [3.8, 4) is 0 Å². The van der Waals surface area contributed by atoms with Gasteiger partial charge in [-0.1, -0.05) is 12.1 Å². The minimum atomic E-state index is 0.610. The average molecular weight is 276 g/mol. The molecule has 0 radical (unpaired) electrons. The van der Waals surface area contributed by atoms with Crippen molar-refractivity contribution in [2.45, 2.75) is 39.3 Å². The van der Waals surface area contributed by atoms with Crippen LogP contribution in [0.5, 0.6) is 0 Å². The molecule has 1 atom stereocenters. The van der Waals surface area contributed by atoms with Gasteiger partial charge >= 0.3 is 0 Å². The number of aryl methyl sites for hydroxylation is 1. The molecule has 7 nitrogen and oxygen atoms in total. The van der Waals surface area contributed by atoms with Gasteiger partial charge in [0.25, 0.3) is 0 Å². The Hall–Kier alpha value is -1.76. The molecule has 3 heterocycles. The molecule has 20 heavy (non-hydrogen) atoms. The van der Waals surface area contributed by atoms with Crippen LogP contribution in [0.2, 0.25) is 0 Å². The zero-order valence-corrected chi connectivity index (χ0v) is 11.8. The molecule has 1 unspecified atom stereocenters. The van der Waals surface area contributed by atoms with Crippen LogP contribution in [0.4, 0.5) is 0 Å². The van der Waals surface area contributed by atoms with Crippen LogP contribution in [0.15, 0.2) is 17.2 Å². The highest BCUT2D eigenvalue weighted by atomic mass is 16.5. The van der Waals surface area contributed by atoms with E-state index in [2.05, 4.69) is 25.1 Å². The molecule has 1 saturated heterocycles. The van der Waals surface area contributed by atoms with E-state index in [4.69, 9.17) is 4.52 Å². The van der Waals surface area contributed by atoms with Crippen molar-refractivity contribution in [1.29, 1.82) is 0 Å². The molecule has 7 heteroatoms. The van der Waals surface area contributed by atoms with Gasteiger partial charge in [-0.25, -0.2) is 4.98 Å². The predicted octanol–water partition coefficient (Wildman–Crippen LogP) is 1.14. The maximum absolute atomic E-state index is 5.27. The van der Waals surface area contributed by atoms with Gasteiger partial charge in [-0.3, -0.25) is 9.58 Å². The lowest BCUT2D eigenvalue weighted by molar-refractivity contribution is 0.138. The minimum Gasteiger partial charge on any atom is -0.338 e. The third-order valence-corrected chi connectivity index (χ3v) is 3.70. The van der Waals surface area contributed by atoms with Crippen molar-refractivity contribution in [2.24, 2.45) is 5.92 Å². The topological polar surface area (TPSA) is 72.9 Å². The van der Waals surface area contributed by atoms with Gasteiger partial charge in [0.2, 0.25) is 5.89 Å². The highest BCUT2D eigenvalue weighted by Crippen LogP contribution is 2.19. The van der Waals surface area contributed by atoms with Gasteiger partial charge in [-0.15, -0.1) is 0 Å². The summed E-state index contributed by atoms with van der Waals surface area (Å²) in [5, 5.41) is 8.12. The zero-order valence-electron chi connectivity index (χ0n) is 11.8. The van der Waals surface area contributed by atoms with E-state index >= 15 is 0 Å². The Kier molecular flexibility index (Phi) is 4.05. The summed E-state index contributed by atoms with van der Waals surface area (Å²) in [4.78, 5) is 10.8. The number of hydrogen-bond acceptors (Lipinski definition) is 6. The quantitative estimate of drug-likeness (QED) is 0.815. The Balaban J connectivity index is 1.54. The minimum absolute atomic E-state index is 0.610. The first-order chi connectivity index (χ1) is 9.83. The van der Waals surface area contributed by atoms with Crippen LogP contribution in [0.1, 0.15) is 31.5 Å². The SMILES string of the molecule is CCc1noc(CN2CCCC(Cn3cncn3)C2)n1. The number of rotatable bonds is 5. The van der Waals surface area contributed by atoms with E-state index in [9.17, 15) is 0 Å². The molecule has 108 valence electrons. The van der Waals surface area contributed by atoms with E-state index in [1.54, 1.807) is 12.7 Å². The molecule has 1 fully saturated rings. The second-order valence-electron chi connectivity index (χ2n) is 5.32. The van der Waals surface area contributed by atoms with Gasteiger partial charge in [-0.2, -0.15) is 10.1 Å². The second-order valence-corrected chi connectivity index (χ2v) is 5.32. The smallest absolute Gasteiger partial charge is 0.240 e. The van der Waals surface area contributed by atoms with Gasteiger partial charge in [0.1, 0.15) is 12.7 Å². The molecule has 0 saturated carbocycles. The summed E-state index contributed by atoms with van der Waals surface area (Å²) in [7, 11) is 0. The highest BCUT2D eigenvalue weighted by Gasteiger charge is 2.22. The van der Waals surface area contributed by atoms with E-state index in [0.717, 1.165) is 44.3 Å². The van der Waals surface area contributed by atoms with Crippen LogP contribution in [0, 0.1) is 5.92 Å². The molecule has 1 aliphatic heterocycles. The number of hydrogen-bond donors (Lipinski definition) is 0. The van der Waals surface area contributed by atoms with Gasteiger partial charge < -0.3 is 4.52 Å². The van der Waals surface area contributed by atoms with Gasteiger partial charge in [0.15, 0.2) is 5.82 Å². The number of nitrogens with zero attached hydrogens (tertiary/aromatic N) is 6. The maximum atomic E-state index is 5.27. The molecule has 1 aliphatic rings. The molecule has 0 aliphatic carbocycles. The van der Waals surface area contributed by atoms with Gasteiger partial charge in [0.05, 0.1) is 6.54 Å². The normalized spacial score (nSPS) is 20.4. The molecular weight excluding hydrogens is 256 g/mol. The lowest BCUT2D eigenvalue weighted by atomic mass is 9.98. The van der Waals surface area contributed by atoms with Crippen molar-refractivity contribution in [1.82, 2.24) is 29.8 Å². The third-order valence-electron chi connectivity index (χ3n) is 3.70. The van der Waals surface area contributed by atoms with E-state index in [1.165, 1.54) is 12.8 Å².